The fourth-order valence-electron chi connectivity index (χ4n) is 1.70. The summed E-state index contributed by atoms with van der Waals surface area (Å²) in [6.07, 6.45) is 8.23. The standard InChI is InChI=1S/C11H22NO2P/c1-2-3-4-7-10-15-14-11(13)12-8-5-6-9-12/h15H,2-10H2,1H3. The largest absolute Gasteiger partial charge is 0.432 e. The van der Waals surface area contributed by atoms with E-state index in [9.17, 15) is 4.79 Å². The second-order valence-corrected chi connectivity index (χ2v) is 5.01. The maximum atomic E-state index is 11.4. The summed E-state index contributed by atoms with van der Waals surface area (Å²) in [7, 11) is 0.359. The van der Waals surface area contributed by atoms with Gasteiger partial charge in [-0.1, -0.05) is 26.2 Å². The predicted molar refractivity (Wildman–Crippen MR) is 64.6 cm³/mol. The van der Waals surface area contributed by atoms with Crippen molar-refractivity contribution in [3.63, 3.8) is 0 Å². The third-order valence-corrected chi connectivity index (χ3v) is 3.53. The second-order valence-electron chi connectivity index (χ2n) is 4.02. The molecule has 1 fully saturated rings. The van der Waals surface area contributed by atoms with E-state index in [0.29, 0.717) is 8.81 Å². The molecule has 1 unspecified atom stereocenters. The Kier molecular flexibility index (Phi) is 6.74. The van der Waals surface area contributed by atoms with E-state index < -0.39 is 0 Å². The molecule has 0 N–H and O–H groups in total. The van der Waals surface area contributed by atoms with E-state index in [4.69, 9.17) is 4.52 Å². The average molecular weight is 231 g/mol. The van der Waals surface area contributed by atoms with Crippen LogP contribution in [0.5, 0.6) is 0 Å². The zero-order valence-corrected chi connectivity index (χ0v) is 10.6. The average Bonchev–Trinajstić information content (AvgIpc) is 2.76. The van der Waals surface area contributed by atoms with E-state index >= 15 is 0 Å². The van der Waals surface area contributed by atoms with Crippen molar-refractivity contribution in [2.75, 3.05) is 19.3 Å². The van der Waals surface area contributed by atoms with Crippen molar-refractivity contribution in [2.24, 2.45) is 0 Å². The molecule has 0 saturated carbocycles. The lowest BCUT2D eigenvalue weighted by molar-refractivity contribution is 0.169. The van der Waals surface area contributed by atoms with Gasteiger partial charge >= 0.3 is 6.09 Å². The van der Waals surface area contributed by atoms with Gasteiger partial charge in [-0.2, -0.15) is 0 Å². The van der Waals surface area contributed by atoms with Gasteiger partial charge < -0.3 is 9.42 Å². The quantitative estimate of drug-likeness (QED) is 0.518. The van der Waals surface area contributed by atoms with Gasteiger partial charge in [0.2, 0.25) is 0 Å². The minimum atomic E-state index is -0.0960. The molecule has 1 amide bonds. The van der Waals surface area contributed by atoms with Crippen molar-refractivity contribution < 1.29 is 9.32 Å². The maximum Gasteiger partial charge on any atom is 0.412 e. The van der Waals surface area contributed by atoms with Crippen LogP contribution in [0.15, 0.2) is 0 Å². The SMILES string of the molecule is CCCCCCPOC(=O)N1CCCC1. The van der Waals surface area contributed by atoms with E-state index in [0.717, 1.165) is 32.1 Å². The molecule has 15 heavy (non-hydrogen) atoms. The molecule has 1 atom stereocenters. The molecular formula is C11H22NO2P. The molecule has 0 bridgehead atoms. The van der Waals surface area contributed by atoms with E-state index in [-0.39, 0.29) is 6.09 Å². The number of carbonyl (C=O) groups is 1. The molecular weight excluding hydrogens is 209 g/mol. The number of rotatable bonds is 6. The molecule has 0 radical (unpaired) electrons. The minimum absolute atomic E-state index is 0.0960. The lowest BCUT2D eigenvalue weighted by atomic mass is 10.2. The van der Waals surface area contributed by atoms with Crippen LogP contribution in [0, 0.1) is 0 Å². The third kappa shape index (κ3) is 5.36. The number of carbonyl (C=O) groups excluding carboxylic acids is 1. The maximum absolute atomic E-state index is 11.4. The highest BCUT2D eigenvalue weighted by molar-refractivity contribution is 7.32. The van der Waals surface area contributed by atoms with Crippen molar-refractivity contribution in [2.45, 2.75) is 45.4 Å². The van der Waals surface area contributed by atoms with Crippen LogP contribution in [0.25, 0.3) is 0 Å². The first-order valence-corrected chi connectivity index (χ1v) is 7.14. The number of nitrogens with zero attached hydrogens (tertiary/aromatic N) is 1. The Morgan fingerprint density at radius 1 is 1.27 bits per heavy atom. The summed E-state index contributed by atoms with van der Waals surface area (Å²) in [5, 5.41) is 0. The van der Waals surface area contributed by atoms with Crippen LogP contribution in [0.2, 0.25) is 0 Å². The van der Waals surface area contributed by atoms with E-state index in [2.05, 4.69) is 6.92 Å². The highest BCUT2D eigenvalue weighted by Crippen LogP contribution is 2.19. The third-order valence-electron chi connectivity index (χ3n) is 2.66. The van der Waals surface area contributed by atoms with Crippen molar-refractivity contribution in [3.05, 3.63) is 0 Å². The molecule has 0 spiro atoms. The molecule has 0 aromatic rings. The zero-order valence-electron chi connectivity index (χ0n) is 9.63. The Balaban J connectivity index is 1.92. The van der Waals surface area contributed by atoms with Crippen LogP contribution in [0.3, 0.4) is 0 Å². The Morgan fingerprint density at radius 2 is 2.00 bits per heavy atom. The van der Waals surface area contributed by atoms with Gasteiger partial charge in [0.05, 0.1) is 8.81 Å². The predicted octanol–water partition coefficient (Wildman–Crippen LogP) is 3.39. The summed E-state index contributed by atoms with van der Waals surface area (Å²) in [4.78, 5) is 13.3. The molecule has 1 saturated heterocycles. The molecule has 88 valence electrons. The van der Waals surface area contributed by atoms with Gasteiger partial charge in [-0.3, -0.25) is 0 Å². The number of hydrogen-bond donors (Lipinski definition) is 0. The highest BCUT2D eigenvalue weighted by atomic mass is 31.1. The summed E-state index contributed by atoms with van der Waals surface area (Å²) >= 11 is 0. The van der Waals surface area contributed by atoms with Crippen LogP contribution in [-0.4, -0.2) is 30.2 Å². The topological polar surface area (TPSA) is 29.5 Å². The molecule has 3 nitrogen and oxygen atoms in total. The van der Waals surface area contributed by atoms with Crippen LogP contribution < -0.4 is 0 Å². The fourth-order valence-corrected chi connectivity index (χ4v) is 2.45. The van der Waals surface area contributed by atoms with Crippen LogP contribution in [0.1, 0.15) is 45.4 Å². The molecule has 1 aliphatic rings. The lowest BCUT2D eigenvalue weighted by Gasteiger charge is -2.14. The van der Waals surface area contributed by atoms with Gasteiger partial charge in [0.15, 0.2) is 0 Å². The van der Waals surface area contributed by atoms with Gasteiger partial charge in [-0.25, -0.2) is 4.79 Å². The minimum Gasteiger partial charge on any atom is -0.432 e. The molecule has 4 heteroatoms. The zero-order chi connectivity index (χ0) is 10.9. The number of hydrogen-bond acceptors (Lipinski definition) is 2. The Morgan fingerprint density at radius 3 is 2.67 bits per heavy atom. The van der Waals surface area contributed by atoms with E-state index in [1.807, 2.05) is 4.90 Å². The fraction of sp³-hybridized carbons (Fsp3) is 0.909. The molecule has 0 aromatic carbocycles. The van der Waals surface area contributed by atoms with Crippen molar-refractivity contribution in [1.82, 2.24) is 4.90 Å². The Bertz CT molecular complexity index is 181. The number of amides is 1. The van der Waals surface area contributed by atoms with E-state index in [1.165, 1.54) is 25.7 Å². The Hall–Kier alpha value is -0.300. The number of likely N-dealkylation sites (tertiary alicyclic amines) is 1. The van der Waals surface area contributed by atoms with Crippen LogP contribution in [0.4, 0.5) is 4.79 Å². The van der Waals surface area contributed by atoms with Crippen molar-refractivity contribution in [3.8, 4) is 0 Å². The Labute approximate surface area is 94.4 Å². The highest BCUT2D eigenvalue weighted by Gasteiger charge is 2.18. The van der Waals surface area contributed by atoms with E-state index in [1.54, 1.807) is 0 Å². The lowest BCUT2D eigenvalue weighted by Crippen LogP contribution is -2.26. The van der Waals surface area contributed by atoms with Crippen LogP contribution >= 0.6 is 8.81 Å². The monoisotopic (exact) mass is 231 g/mol. The second kappa shape index (κ2) is 7.92. The van der Waals surface area contributed by atoms with Gasteiger partial charge in [-0.05, 0) is 19.3 Å². The van der Waals surface area contributed by atoms with Gasteiger partial charge in [0, 0.05) is 19.3 Å². The molecule has 1 rings (SSSR count). The van der Waals surface area contributed by atoms with Crippen LogP contribution in [-0.2, 0) is 4.52 Å². The van der Waals surface area contributed by atoms with Crippen molar-refractivity contribution in [1.29, 1.82) is 0 Å². The van der Waals surface area contributed by atoms with Gasteiger partial charge in [0.25, 0.3) is 0 Å². The normalized spacial score (nSPS) is 16.5. The first-order valence-electron chi connectivity index (χ1n) is 6.03. The molecule has 0 aromatic heterocycles. The number of unbranched alkanes of at least 4 members (excludes halogenated alkanes) is 3. The summed E-state index contributed by atoms with van der Waals surface area (Å²) in [5.41, 5.74) is 0. The summed E-state index contributed by atoms with van der Waals surface area (Å²) < 4.78 is 5.22. The smallest absolute Gasteiger partial charge is 0.412 e. The summed E-state index contributed by atoms with van der Waals surface area (Å²) in [6.45, 7) is 3.98. The van der Waals surface area contributed by atoms with Crippen molar-refractivity contribution >= 4 is 14.9 Å². The van der Waals surface area contributed by atoms with Gasteiger partial charge in [-0.15, -0.1) is 0 Å². The molecule has 1 aliphatic heterocycles. The molecule has 0 aliphatic carbocycles. The summed E-state index contributed by atoms with van der Waals surface area (Å²) in [5.74, 6) is 0. The first kappa shape index (κ1) is 12.8. The molecule has 1 heterocycles. The van der Waals surface area contributed by atoms with Gasteiger partial charge in [0.1, 0.15) is 0 Å². The first-order chi connectivity index (χ1) is 7.34. The summed E-state index contributed by atoms with van der Waals surface area (Å²) in [6, 6.07) is 0.